The molecule has 86 valence electrons. The first kappa shape index (κ1) is 12.2. The minimum absolute atomic E-state index is 0.431. The van der Waals surface area contributed by atoms with E-state index in [0.29, 0.717) is 6.04 Å². The highest BCUT2D eigenvalue weighted by Gasteiger charge is 2.11. The number of hydrogen-bond acceptors (Lipinski definition) is 2. The van der Waals surface area contributed by atoms with Crippen LogP contribution < -0.4 is 0 Å². The molecule has 0 spiro atoms. The fourth-order valence-electron chi connectivity index (χ4n) is 1.72. The predicted octanol–water partition coefficient (Wildman–Crippen LogP) is 2.61. The van der Waals surface area contributed by atoms with Crippen LogP contribution in [0.2, 0.25) is 0 Å². The number of ether oxygens (including phenoxy) is 1. The van der Waals surface area contributed by atoms with E-state index in [1.54, 1.807) is 7.11 Å². The van der Waals surface area contributed by atoms with Gasteiger partial charge in [-0.05, 0) is 32.3 Å². The highest BCUT2D eigenvalue weighted by molar-refractivity contribution is 5.11. The Morgan fingerprint density at radius 3 is 2.67 bits per heavy atom. The van der Waals surface area contributed by atoms with Crippen molar-refractivity contribution in [2.45, 2.75) is 46.1 Å². The Kier molecular flexibility index (Phi) is 4.82. The van der Waals surface area contributed by atoms with Crippen molar-refractivity contribution in [1.82, 2.24) is 9.78 Å². The molecule has 1 atom stereocenters. The minimum atomic E-state index is 0.431. The first-order valence-electron chi connectivity index (χ1n) is 5.79. The van der Waals surface area contributed by atoms with E-state index in [-0.39, 0.29) is 0 Å². The highest BCUT2D eigenvalue weighted by Crippen LogP contribution is 2.15. The monoisotopic (exact) mass is 210 g/mol. The fraction of sp³-hybridized carbons (Fsp3) is 0.750. The Morgan fingerprint density at radius 1 is 1.40 bits per heavy atom. The van der Waals surface area contributed by atoms with Crippen molar-refractivity contribution in [2.75, 3.05) is 13.7 Å². The topological polar surface area (TPSA) is 27.1 Å². The van der Waals surface area contributed by atoms with E-state index in [4.69, 9.17) is 4.74 Å². The Hall–Kier alpha value is -0.830. The first-order valence-corrected chi connectivity index (χ1v) is 5.79. The van der Waals surface area contributed by atoms with Crippen LogP contribution in [0.25, 0.3) is 0 Å². The summed E-state index contributed by atoms with van der Waals surface area (Å²) in [6.07, 6.45) is 3.08. The van der Waals surface area contributed by atoms with Gasteiger partial charge in [-0.1, -0.05) is 13.8 Å². The first-order chi connectivity index (χ1) is 7.22. The van der Waals surface area contributed by atoms with E-state index in [0.717, 1.165) is 25.9 Å². The number of nitrogens with zero attached hydrogens (tertiary/aromatic N) is 2. The van der Waals surface area contributed by atoms with E-state index >= 15 is 0 Å². The molecule has 0 aliphatic rings. The summed E-state index contributed by atoms with van der Waals surface area (Å²) in [6.45, 7) is 7.32. The van der Waals surface area contributed by atoms with Crippen molar-refractivity contribution in [3.8, 4) is 0 Å². The molecule has 0 saturated heterocycles. The van der Waals surface area contributed by atoms with Gasteiger partial charge in [-0.2, -0.15) is 5.10 Å². The quantitative estimate of drug-likeness (QED) is 0.721. The number of hydrogen-bond donors (Lipinski definition) is 0. The molecule has 0 fully saturated rings. The second-order valence-corrected chi connectivity index (χ2v) is 3.91. The van der Waals surface area contributed by atoms with Crippen LogP contribution in [0.15, 0.2) is 6.07 Å². The third kappa shape index (κ3) is 3.06. The molecule has 0 amide bonds. The lowest BCUT2D eigenvalue weighted by Gasteiger charge is -2.14. The van der Waals surface area contributed by atoms with Crippen molar-refractivity contribution >= 4 is 0 Å². The van der Waals surface area contributed by atoms with Crippen molar-refractivity contribution in [2.24, 2.45) is 0 Å². The van der Waals surface area contributed by atoms with Crippen molar-refractivity contribution in [1.29, 1.82) is 0 Å². The number of aryl methyl sites for hydroxylation is 2. The standard InChI is InChI=1S/C12H22N2O/c1-5-11-9-12(6-2)14(13-11)10(3)7-8-15-4/h9-10H,5-8H2,1-4H3. The Balaban J connectivity index is 2.76. The summed E-state index contributed by atoms with van der Waals surface area (Å²) >= 11 is 0. The maximum Gasteiger partial charge on any atom is 0.0624 e. The summed E-state index contributed by atoms with van der Waals surface area (Å²) in [5, 5.41) is 4.61. The molecule has 1 aromatic rings. The average Bonchev–Trinajstić information content (AvgIpc) is 2.69. The third-order valence-electron chi connectivity index (χ3n) is 2.75. The third-order valence-corrected chi connectivity index (χ3v) is 2.75. The Morgan fingerprint density at radius 2 is 2.13 bits per heavy atom. The zero-order valence-corrected chi connectivity index (χ0v) is 10.3. The molecular formula is C12H22N2O. The molecule has 1 aromatic heterocycles. The normalized spacial score (nSPS) is 13.1. The molecule has 0 aromatic carbocycles. The Labute approximate surface area is 92.4 Å². The van der Waals surface area contributed by atoms with Gasteiger partial charge in [0, 0.05) is 19.4 Å². The van der Waals surface area contributed by atoms with Gasteiger partial charge < -0.3 is 4.74 Å². The van der Waals surface area contributed by atoms with Gasteiger partial charge in [0.05, 0.1) is 11.7 Å². The van der Waals surface area contributed by atoms with Gasteiger partial charge in [0.1, 0.15) is 0 Å². The Bertz CT molecular complexity index is 294. The lowest BCUT2D eigenvalue weighted by molar-refractivity contribution is 0.178. The second kappa shape index (κ2) is 5.91. The van der Waals surface area contributed by atoms with Gasteiger partial charge in [0.15, 0.2) is 0 Å². The fourth-order valence-corrected chi connectivity index (χ4v) is 1.72. The maximum atomic E-state index is 5.10. The van der Waals surface area contributed by atoms with E-state index in [2.05, 4.69) is 36.6 Å². The van der Waals surface area contributed by atoms with Crippen molar-refractivity contribution in [3.05, 3.63) is 17.5 Å². The van der Waals surface area contributed by atoms with Crippen molar-refractivity contribution < 1.29 is 4.74 Å². The van der Waals surface area contributed by atoms with Crippen LogP contribution in [0.5, 0.6) is 0 Å². The van der Waals surface area contributed by atoms with E-state index in [1.165, 1.54) is 11.4 Å². The van der Waals surface area contributed by atoms with Gasteiger partial charge in [0.2, 0.25) is 0 Å². The molecule has 0 N–H and O–H groups in total. The molecule has 3 nitrogen and oxygen atoms in total. The summed E-state index contributed by atoms with van der Waals surface area (Å²) in [7, 11) is 1.74. The summed E-state index contributed by atoms with van der Waals surface area (Å²) in [5.41, 5.74) is 2.52. The minimum Gasteiger partial charge on any atom is -0.385 e. The van der Waals surface area contributed by atoms with Crippen LogP contribution in [0, 0.1) is 0 Å². The van der Waals surface area contributed by atoms with E-state index in [1.807, 2.05) is 0 Å². The summed E-state index contributed by atoms with van der Waals surface area (Å²) in [5.74, 6) is 0. The molecular weight excluding hydrogens is 188 g/mol. The van der Waals surface area contributed by atoms with Gasteiger partial charge in [-0.3, -0.25) is 4.68 Å². The smallest absolute Gasteiger partial charge is 0.0624 e. The number of rotatable bonds is 6. The molecule has 3 heteroatoms. The van der Waals surface area contributed by atoms with Crippen LogP contribution in [0.3, 0.4) is 0 Å². The molecule has 0 bridgehead atoms. The number of methoxy groups -OCH3 is 1. The van der Waals surface area contributed by atoms with E-state index in [9.17, 15) is 0 Å². The van der Waals surface area contributed by atoms with Gasteiger partial charge in [-0.25, -0.2) is 0 Å². The van der Waals surface area contributed by atoms with Crippen LogP contribution in [0.4, 0.5) is 0 Å². The number of aromatic nitrogens is 2. The van der Waals surface area contributed by atoms with Crippen LogP contribution in [-0.2, 0) is 17.6 Å². The molecule has 1 rings (SSSR count). The van der Waals surface area contributed by atoms with Crippen LogP contribution in [-0.4, -0.2) is 23.5 Å². The molecule has 0 aliphatic carbocycles. The lowest BCUT2D eigenvalue weighted by Crippen LogP contribution is -2.12. The SMILES string of the molecule is CCc1cc(CC)n(C(C)CCOC)n1. The highest BCUT2D eigenvalue weighted by atomic mass is 16.5. The second-order valence-electron chi connectivity index (χ2n) is 3.91. The predicted molar refractivity (Wildman–Crippen MR) is 62.2 cm³/mol. The largest absolute Gasteiger partial charge is 0.385 e. The molecule has 0 aliphatic heterocycles. The molecule has 1 unspecified atom stereocenters. The average molecular weight is 210 g/mol. The van der Waals surface area contributed by atoms with Gasteiger partial charge in [-0.15, -0.1) is 0 Å². The molecule has 1 heterocycles. The maximum absolute atomic E-state index is 5.10. The van der Waals surface area contributed by atoms with Crippen molar-refractivity contribution in [3.63, 3.8) is 0 Å². The molecule has 0 radical (unpaired) electrons. The zero-order valence-electron chi connectivity index (χ0n) is 10.3. The van der Waals surface area contributed by atoms with Gasteiger partial charge in [0.25, 0.3) is 0 Å². The lowest BCUT2D eigenvalue weighted by atomic mass is 10.2. The molecule has 15 heavy (non-hydrogen) atoms. The summed E-state index contributed by atoms with van der Waals surface area (Å²) in [6, 6.07) is 2.64. The summed E-state index contributed by atoms with van der Waals surface area (Å²) in [4.78, 5) is 0. The summed E-state index contributed by atoms with van der Waals surface area (Å²) < 4.78 is 7.25. The van der Waals surface area contributed by atoms with Crippen LogP contribution >= 0.6 is 0 Å². The van der Waals surface area contributed by atoms with E-state index < -0.39 is 0 Å². The van der Waals surface area contributed by atoms with Crippen LogP contribution in [0.1, 0.15) is 44.6 Å². The van der Waals surface area contributed by atoms with Gasteiger partial charge >= 0.3 is 0 Å². The zero-order chi connectivity index (χ0) is 11.3. The molecule has 0 saturated carbocycles.